The van der Waals surface area contributed by atoms with Crippen molar-refractivity contribution in [2.24, 2.45) is 5.92 Å². The molecule has 1 saturated carbocycles. The number of morpholine rings is 1. The van der Waals surface area contributed by atoms with E-state index in [4.69, 9.17) is 4.74 Å². The van der Waals surface area contributed by atoms with E-state index >= 15 is 0 Å². The van der Waals surface area contributed by atoms with E-state index in [1.807, 2.05) is 0 Å². The van der Waals surface area contributed by atoms with Gasteiger partial charge in [-0.25, -0.2) is 0 Å². The largest absolute Gasteiger partial charge is 0.370 e. The number of aryl methyl sites for hydroxylation is 1. The molecule has 1 aliphatic heterocycles. The summed E-state index contributed by atoms with van der Waals surface area (Å²) in [6, 6.07) is 8.74. The summed E-state index contributed by atoms with van der Waals surface area (Å²) in [5.74, 6) is 0.834. The van der Waals surface area contributed by atoms with Crippen molar-refractivity contribution in [3.05, 3.63) is 35.4 Å². The molecule has 1 N–H and O–H groups in total. The molecule has 104 valence electrons. The quantitative estimate of drug-likeness (QED) is 0.832. The number of hydrogen-bond donors (Lipinski definition) is 1. The molecule has 1 aliphatic carbocycles. The topological polar surface area (TPSA) is 21.3 Å². The van der Waals surface area contributed by atoms with Crippen molar-refractivity contribution in [3.63, 3.8) is 0 Å². The van der Waals surface area contributed by atoms with Gasteiger partial charge in [0.1, 0.15) is 0 Å². The predicted molar refractivity (Wildman–Crippen MR) is 78.2 cm³/mol. The average Bonchev–Trinajstić information content (AvgIpc) is 2.41. The van der Waals surface area contributed by atoms with E-state index in [1.54, 1.807) is 0 Å². The van der Waals surface area contributed by atoms with Crippen LogP contribution in [0.2, 0.25) is 0 Å². The smallest absolute Gasteiger partial charge is 0.0950 e. The van der Waals surface area contributed by atoms with Gasteiger partial charge in [0.05, 0.1) is 12.7 Å². The van der Waals surface area contributed by atoms with Crippen molar-refractivity contribution in [2.45, 2.75) is 51.2 Å². The summed E-state index contributed by atoms with van der Waals surface area (Å²) >= 11 is 0. The van der Waals surface area contributed by atoms with Crippen LogP contribution in [-0.2, 0) is 4.74 Å². The monoisotopic (exact) mass is 259 g/mol. The van der Waals surface area contributed by atoms with E-state index in [0.717, 1.165) is 19.1 Å². The number of hydrogen-bond acceptors (Lipinski definition) is 2. The van der Waals surface area contributed by atoms with Gasteiger partial charge < -0.3 is 10.1 Å². The summed E-state index contributed by atoms with van der Waals surface area (Å²) in [5, 5.41) is 3.80. The Balaban J connectivity index is 1.64. The fraction of sp³-hybridized carbons (Fsp3) is 0.647. The highest BCUT2D eigenvalue weighted by Gasteiger charge is 2.39. The molecule has 3 atom stereocenters. The second-order valence-electron chi connectivity index (χ2n) is 6.57. The van der Waals surface area contributed by atoms with Gasteiger partial charge in [-0.15, -0.1) is 0 Å². The maximum atomic E-state index is 6.18. The molecule has 2 heteroatoms. The second-order valence-corrected chi connectivity index (χ2v) is 6.57. The lowest BCUT2D eigenvalue weighted by atomic mass is 9.76. The van der Waals surface area contributed by atoms with E-state index in [2.05, 4.69) is 43.4 Å². The SMILES string of the molecule is Cc1ccc(C2CNC3(CCCC(C)C3)CO2)cc1. The third-order valence-electron chi connectivity index (χ3n) is 4.76. The molecule has 0 bridgehead atoms. The average molecular weight is 259 g/mol. The molecule has 1 aromatic rings. The molecule has 2 aliphatic rings. The first-order valence-corrected chi connectivity index (χ1v) is 7.60. The summed E-state index contributed by atoms with van der Waals surface area (Å²) in [6.07, 6.45) is 5.49. The number of nitrogens with one attached hydrogen (secondary N) is 1. The van der Waals surface area contributed by atoms with Crippen molar-refractivity contribution < 1.29 is 4.74 Å². The van der Waals surface area contributed by atoms with E-state index in [1.165, 1.54) is 36.8 Å². The lowest BCUT2D eigenvalue weighted by molar-refractivity contribution is -0.0527. The summed E-state index contributed by atoms with van der Waals surface area (Å²) in [5.41, 5.74) is 2.88. The van der Waals surface area contributed by atoms with Crippen molar-refractivity contribution in [1.29, 1.82) is 0 Å². The van der Waals surface area contributed by atoms with E-state index in [-0.39, 0.29) is 11.6 Å². The molecule has 1 aromatic carbocycles. The Kier molecular flexibility index (Phi) is 3.64. The Bertz CT molecular complexity index is 417. The van der Waals surface area contributed by atoms with Gasteiger partial charge in [-0.2, -0.15) is 0 Å². The van der Waals surface area contributed by atoms with Crippen LogP contribution in [0.3, 0.4) is 0 Å². The fourth-order valence-electron chi connectivity index (χ4n) is 3.63. The lowest BCUT2D eigenvalue weighted by Crippen LogP contribution is -2.56. The molecule has 3 unspecified atom stereocenters. The zero-order chi connectivity index (χ0) is 13.3. The highest BCUT2D eigenvalue weighted by molar-refractivity contribution is 5.24. The molecule has 0 radical (unpaired) electrons. The maximum absolute atomic E-state index is 6.18. The van der Waals surface area contributed by atoms with Gasteiger partial charge >= 0.3 is 0 Å². The Morgan fingerprint density at radius 3 is 2.68 bits per heavy atom. The highest BCUT2D eigenvalue weighted by Crippen LogP contribution is 2.36. The van der Waals surface area contributed by atoms with Gasteiger partial charge in [0.2, 0.25) is 0 Å². The van der Waals surface area contributed by atoms with Crippen LogP contribution in [-0.4, -0.2) is 18.7 Å². The first kappa shape index (κ1) is 13.1. The first-order chi connectivity index (χ1) is 9.17. The Labute approximate surface area is 116 Å². The van der Waals surface area contributed by atoms with Crippen LogP contribution < -0.4 is 5.32 Å². The molecule has 2 fully saturated rings. The molecule has 1 spiro atoms. The Morgan fingerprint density at radius 2 is 2.05 bits per heavy atom. The summed E-state index contributed by atoms with van der Waals surface area (Å²) in [6.45, 7) is 6.32. The molecule has 1 heterocycles. The number of benzene rings is 1. The summed E-state index contributed by atoms with van der Waals surface area (Å²) in [4.78, 5) is 0. The Hall–Kier alpha value is -0.860. The zero-order valence-electron chi connectivity index (χ0n) is 12.1. The first-order valence-electron chi connectivity index (χ1n) is 7.60. The van der Waals surface area contributed by atoms with Crippen molar-refractivity contribution in [1.82, 2.24) is 5.32 Å². The van der Waals surface area contributed by atoms with E-state index in [0.29, 0.717) is 0 Å². The van der Waals surface area contributed by atoms with Gasteiger partial charge in [0, 0.05) is 12.1 Å². The van der Waals surface area contributed by atoms with E-state index < -0.39 is 0 Å². The molecule has 0 amide bonds. The minimum Gasteiger partial charge on any atom is -0.370 e. The number of ether oxygens (including phenoxy) is 1. The predicted octanol–water partition coefficient (Wildman–Crippen LogP) is 3.60. The molecule has 2 nitrogen and oxygen atoms in total. The fourth-order valence-corrected chi connectivity index (χ4v) is 3.63. The van der Waals surface area contributed by atoms with Crippen molar-refractivity contribution >= 4 is 0 Å². The maximum Gasteiger partial charge on any atom is 0.0950 e. The molecule has 0 aromatic heterocycles. The summed E-state index contributed by atoms with van der Waals surface area (Å²) < 4.78 is 6.18. The molecular weight excluding hydrogens is 234 g/mol. The Morgan fingerprint density at radius 1 is 1.26 bits per heavy atom. The summed E-state index contributed by atoms with van der Waals surface area (Å²) in [7, 11) is 0. The van der Waals surface area contributed by atoms with Gasteiger partial charge in [-0.3, -0.25) is 0 Å². The third-order valence-corrected chi connectivity index (χ3v) is 4.76. The standard InChI is InChI=1S/C17H25NO/c1-13-5-7-15(8-6-13)16-11-18-17(12-19-16)9-3-4-14(2)10-17/h5-8,14,16,18H,3-4,9-12H2,1-2H3. The zero-order valence-corrected chi connectivity index (χ0v) is 12.1. The molecular formula is C17H25NO. The van der Waals surface area contributed by atoms with Gasteiger partial charge in [-0.05, 0) is 31.2 Å². The number of rotatable bonds is 1. The second kappa shape index (κ2) is 5.26. The van der Waals surface area contributed by atoms with Gasteiger partial charge in [0.15, 0.2) is 0 Å². The van der Waals surface area contributed by atoms with Crippen molar-refractivity contribution in [2.75, 3.05) is 13.2 Å². The van der Waals surface area contributed by atoms with Crippen LogP contribution in [0.5, 0.6) is 0 Å². The van der Waals surface area contributed by atoms with Gasteiger partial charge in [-0.1, -0.05) is 49.6 Å². The van der Waals surface area contributed by atoms with Crippen LogP contribution in [0.15, 0.2) is 24.3 Å². The lowest BCUT2D eigenvalue weighted by Gasteiger charge is -2.45. The molecule has 19 heavy (non-hydrogen) atoms. The molecule has 1 saturated heterocycles. The van der Waals surface area contributed by atoms with Crippen LogP contribution in [0.1, 0.15) is 49.8 Å². The van der Waals surface area contributed by atoms with Gasteiger partial charge in [0.25, 0.3) is 0 Å². The minimum atomic E-state index is 0.225. The van der Waals surface area contributed by atoms with Crippen LogP contribution >= 0.6 is 0 Å². The van der Waals surface area contributed by atoms with Crippen LogP contribution in [0.25, 0.3) is 0 Å². The van der Waals surface area contributed by atoms with Crippen LogP contribution in [0, 0.1) is 12.8 Å². The highest BCUT2D eigenvalue weighted by atomic mass is 16.5. The third kappa shape index (κ3) is 2.85. The molecule has 3 rings (SSSR count). The van der Waals surface area contributed by atoms with Crippen molar-refractivity contribution in [3.8, 4) is 0 Å². The van der Waals surface area contributed by atoms with E-state index in [9.17, 15) is 0 Å². The minimum absolute atomic E-state index is 0.225. The normalized spacial score (nSPS) is 35.5. The van der Waals surface area contributed by atoms with Crippen LogP contribution in [0.4, 0.5) is 0 Å².